The van der Waals surface area contributed by atoms with Gasteiger partial charge >= 0.3 is 0 Å². The molecule has 51 heavy (non-hydrogen) atoms. The van der Waals surface area contributed by atoms with E-state index in [1.807, 2.05) is 6.08 Å². The van der Waals surface area contributed by atoms with Crippen LogP contribution in [0.15, 0.2) is 163 Å². The zero-order valence-electron chi connectivity index (χ0n) is 29.4. The number of allylic oxidation sites excluding steroid dienone is 4. The fraction of sp³-hybridized carbons (Fsp3) is 0.125. The molecule has 0 aromatic heterocycles. The van der Waals surface area contributed by atoms with Crippen LogP contribution in [0.5, 0.6) is 11.5 Å². The van der Waals surface area contributed by atoms with Crippen molar-refractivity contribution in [2.75, 3.05) is 4.90 Å². The highest BCUT2D eigenvalue weighted by atomic mass is 16.5. The zero-order valence-corrected chi connectivity index (χ0v) is 29.4. The van der Waals surface area contributed by atoms with Crippen LogP contribution in [0, 0.1) is 25.7 Å². The van der Waals surface area contributed by atoms with E-state index in [9.17, 15) is 0 Å². The fourth-order valence-electron chi connectivity index (χ4n) is 9.03. The number of benzene rings is 6. The highest BCUT2D eigenvalue weighted by Gasteiger charge is 2.52. The summed E-state index contributed by atoms with van der Waals surface area (Å²) in [4.78, 5) is 2.42. The third-order valence-electron chi connectivity index (χ3n) is 11.1. The largest absolute Gasteiger partial charge is 0.457 e. The van der Waals surface area contributed by atoms with Crippen molar-refractivity contribution in [3.8, 4) is 23.3 Å². The van der Waals surface area contributed by atoms with Gasteiger partial charge in [-0.3, -0.25) is 0 Å². The van der Waals surface area contributed by atoms with E-state index < -0.39 is 5.41 Å². The lowest BCUT2D eigenvalue weighted by atomic mass is 9.31. The molecular formula is C48H38BNO. The third-order valence-corrected chi connectivity index (χ3v) is 11.1. The molecule has 0 saturated heterocycles. The Hall–Kier alpha value is -5.98. The number of ether oxygens (including phenoxy) is 1. The fourth-order valence-corrected chi connectivity index (χ4v) is 9.03. The van der Waals surface area contributed by atoms with E-state index in [1.54, 1.807) is 0 Å². The average molecular weight is 656 g/mol. The molecular weight excluding hydrogens is 617 g/mol. The number of hydrogen-bond acceptors (Lipinski definition) is 2. The van der Waals surface area contributed by atoms with Gasteiger partial charge in [-0.05, 0) is 86.3 Å². The normalized spacial score (nSPS) is 16.2. The Morgan fingerprint density at radius 3 is 1.90 bits per heavy atom. The Kier molecular flexibility index (Phi) is 7.37. The standard InChI is InChI=1S/C48H38BNO/c1-32-17-14-26-41(35(4)31-32)49(46-33(2)18-15-19-34(46)3)42-27-16-25-40-47(42)51-45-30-13-10-24-39(45)48(40)37-22-8-11-28-43(37)50(36-20-6-5-7-21-36)44-29-12-9-23-38(44)48/h5-13,15-25,27-31,41H,1-4H3. The lowest BCUT2D eigenvalue weighted by molar-refractivity contribution is 0.437. The quantitative estimate of drug-likeness (QED) is 0.138. The van der Waals surface area contributed by atoms with Crippen molar-refractivity contribution in [3.63, 3.8) is 0 Å². The first-order valence-electron chi connectivity index (χ1n) is 17.9. The minimum absolute atomic E-state index is 0.0405. The molecule has 9 rings (SSSR count). The van der Waals surface area contributed by atoms with Crippen molar-refractivity contribution >= 4 is 34.7 Å². The Balaban J connectivity index is 1.39. The monoisotopic (exact) mass is 655 g/mol. The number of hydrogen-bond donors (Lipinski definition) is 0. The second-order valence-corrected chi connectivity index (χ2v) is 14.1. The first-order chi connectivity index (χ1) is 25.0. The molecule has 0 saturated carbocycles. The van der Waals surface area contributed by atoms with Crippen LogP contribution in [-0.2, 0) is 5.41 Å². The third kappa shape index (κ3) is 4.67. The van der Waals surface area contributed by atoms with Crippen LogP contribution in [0.4, 0.5) is 17.1 Å². The van der Waals surface area contributed by atoms with Gasteiger partial charge in [-0.15, -0.1) is 0 Å². The van der Waals surface area contributed by atoms with Gasteiger partial charge in [-0.25, -0.2) is 0 Å². The Bertz CT molecular complexity index is 2410. The maximum atomic E-state index is 7.24. The zero-order chi connectivity index (χ0) is 34.7. The highest BCUT2D eigenvalue weighted by molar-refractivity contribution is 6.88. The molecule has 0 fully saturated rings. The molecule has 3 aliphatic rings. The lowest BCUT2D eigenvalue weighted by Crippen LogP contribution is -2.50. The molecule has 2 aliphatic heterocycles. The molecule has 6 aromatic rings. The second-order valence-electron chi connectivity index (χ2n) is 14.1. The number of aryl methyl sites for hydroxylation is 2. The molecule has 0 amide bonds. The van der Waals surface area contributed by atoms with Crippen LogP contribution in [0.1, 0.15) is 47.2 Å². The number of rotatable bonds is 4. The second kappa shape index (κ2) is 12.1. The summed E-state index contributed by atoms with van der Waals surface area (Å²) >= 11 is 0. The Morgan fingerprint density at radius 2 is 1.20 bits per heavy atom. The molecule has 1 aliphatic carbocycles. The summed E-state index contributed by atoms with van der Waals surface area (Å²) < 4.78 is 7.24. The van der Waals surface area contributed by atoms with Crippen molar-refractivity contribution in [1.82, 2.24) is 0 Å². The van der Waals surface area contributed by atoms with Gasteiger partial charge in [0.2, 0.25) is 6.71 Å². The predicted octanol–water partition coefficient (Wildman–Crippen LogP) is 10.5. The van der Waals surface area contributed by atoms with E-state index in [1.165, 1.54) is 38.9 Å². The van der Waals surface area contributed by atoms with Gasteiger partial charge in [0.05, 0.1) is 16.8 Å². The van der Waals surface area contributed by atoms with Gasteiger partial charge in [0.25, 0.3) is 0 Å². The minimum Gasteiger partial charge on any atom is -0.457 e. The van der Waals surface area contributed by atoms with Crippen molar-refractivity contribution in [3.05, 3.63) is 196 Å². The number of fused-ring (bicyclic) bond motifs is 8. The van der Waals surface area contributed by atoms with Crippen LogP contribution >= 0.6 is 0 Å². The van der Waals surface area contributed by atoms with E-state index in [4.69, 9.17) is 4.74 Å². The maximum Gasteiger partial charge on any atom is 0.234 e. The van der Waals surface area contributed by atoms with Crippen LogP contribution < -0.4 is 20.6 Å². The summed E-state index contributed by atoms with van der Waals surface area (Å²) in [5.41, 5.74) is 15.0. The van der Waals surface area contributed by atoms with E-state index >= 15 is 0 Å². The molecule has 6 aromatic carbocycles. The van der Waals surface area contributed by atoms with Gasteiger partial charge < -0.3 is 9.64 Å². The summed E-state index contributed by atoms with van der Waals surface area (Å²) in [6, 6.07) is 50.7. The molecule has 0 bridgehead atoms. The van der Waals surface area contributed by atoms with Crippen LogP contribution in [0.3, 0.4) is 0 Å². The van der Waals surface area contributed by atoms with Gasteiger partial charge in [0.1, 0.15) is 11.5 Å². The molecule has 1 spiro atoms. The highest BCUT2D eigenvalue weighted by Crippen LogP contribution is 2.62. The molecule has 244 valence electrons. The summed E-state index contributed by atoms with van der Waals surface area (Å²) in [5.74, 6) is 8.90. The summed E-state index contributed by atoms with van der Waals surface area (Å²) in [6.45, 7) is 8.80. The van der Waals surface area contributed by atoms with Crippen LogP contribution in [-0.4, -0.2) is 6.71 Å². The van der Waals surface area contributed by atoms with Crippen molar-refractivity contribution in [2.24, 2.45) is 0 Å². The van der Waals surface area contributed by atoms with Crippen molar-refractivity contribution < 1.29 is 4.74 Å². The number of para-hydroxylation sites is 5. The maximum absolute atomic E-state index is 7.24. The van der Waals surface area contributed by atoms with E-state index in [2.05, 4.69) is 190 Å². The molecule has 2 nitrogen and oxygen atoms in total. The van der Waals surface area contributed by atoms with Crippen LogP contribution in [0.25, 0.3) is 0 Å². The Morgan fingerprint density at radius 1 is 0.608 bits per heavy atom. The van der Waals surface area contributed by atoms with E-state index in [0.717, 1.165) is 45.2 Å². The van der Waals surface area contributed by atoms with Crippen molar-refractivity contribution in [2.45, 2.75) is 38.9 Å². The molecule has 3 heteroatoms. The summed E-state index contributed by atoms with van der Waals surface area (Å²) in [5, 5.41) is 0. The first-order valence-corrected chi connectivity index (χ1v) is 17.9. The minimum atomic E-state index is -0.637. The topological polar surface area (TPSA) is 12.5 Å². The van der Waals surface area contributed by atoms with Gasteiger partial charge in [0, 0.05) is 22.6 Å². The number of nitrogens with zero attached hydrogens (tertiary/aromatic N) is 1. The van der Waals surface area contributed by atoms with Gasteiger partial charge in [-0.2, -0.15) is 0 Å². The first kappa shape index (κ1) is 31.0. The number of anilines is 3. The van der Waals surface area contributed by atoms with Gasteiger partial charge in [0.15, 0.2) is 0 Å². The smallest absolute Gasteiger partial charge is 0.234 e. The van der Waals surface area contributed by atoms with E-state index in [-0.39, 0.29) is 12.5 Å². The molecule has 2 heterocycles. The van der Waals surface area contributed by atoms with Gasteiger partial charge in [-0.1, -0.05) is 149 Å². The van der Waals surface area contributed by atoms with E-state index in [0.29, 0.717) is 0 Å². The Labute approximate surface area is 301 Å². The lowest BCUT2D eigenvalue weighted by Gasteiger charge is -2.49. The molecule has 1 unspecified atom stereocenters. The van der Waals surface area contributed by atoms with Crippen LogP contribution in [0.2, 0.25) is 5.82 Å². The van der Waals surface area contributed by atoms with Crippen molar-refractivity contribution in [1.29, 1.82) is 0 Å². The predicted molar refractivity (Wildman–Crippen MR) is 213 cm³/mol. The molecule has 1 atom stereocenters. The summed E-state index contributed by atoms with van der Waals surface area (Å²) in [6.07, 6.45) is 4.33. The summed E-state index contributed by atoms with van der Waals surface area (Å²) in [7, 11) is 0. The SMILES string of the molecule is CC1=CC#CC(B(c2cccc3c2Oc2ccccc2C32c3ccccc3N(c3ccccc3)c3ccccc32)c2c(C)cccc2C)C(C)=C1. The average Bonchev–Trinajstić information content (AvgIpc) is 3.32. The molecule has 0 radical (unpaired) electrons. The molecule has 0 N–H and O–H groups in total.